The number of hydrogen-bond acceptors (Lipinski definition) is 9. The molecule has 15 heteroatoms. The lowest BCUT2D eigenvalue weighted by Gasteiger charge is -2.29. The van der Waals surface area contributed by atoms with Crippen molar-refractivity contribution in [2.45, 2.75) is 139 Å². The summed E-state index contributed by atoms with van der Waals surface area (Å²) in [6.45, 7) is 3.27. The van der Waals surface area contributed by atoms with Gasteiger partial charge in [-0.3, -0.25) is 28.8 Å². The van der Waals surface area contributed by atoms with Gasteiger partial charge in [0.05, 0.1) is 0 Å². The Morgan fingerprint density at radius 2 is 0.731 bits per heavy atom. The van der Waals surface area contributed by atoms with Gasteiger partial charge in [0.15, 0.2) is 0 Å². The second-order valence-electron chi connectivity index (χ2n) is 15.1. The van der Waals surface area contributed by atoms with Crippen LogP contribution < -0.4 is 31.9 Å². The van der Waals surface area contributed by atoms with Crippen molar-refractivity contribution in [2.75, 3.05) is 60.4 Å². The summed E-state index contributed by atoms with van der Waals surface area (Å²) in [6, 6.07) is -3.67. The lowest BCUT2D eigenvalue weighted by molar-refractivity contribution is -0.144. The highest BCUT2D eigenvalue weighted by atomic mass is 16.2. The molecular weight excluding hydrogens is 666 g/mol. The smallest absolute Gasteiger partial charge is 0.246 e. The van der Waals surface area contributed by atoms with Crippen LogP contribution >= 0.6 is 0 Å². The first-order valence-corrected chi connectivity index (χ1v) is 19.9. The molecule has 0 radical (unpaired) electrons. The standard InChI is InChI=1S/C37H65N9O6/c1-38-17-11-5-4-8-14-32(47)41-26-20-29-35(50)45-24-28(43-34(49)16-10-7-13-19-40-3)22-31(45)37(52)46-25-27(21-30(46)36(51)44(29)23-26)42-33(48)15-9-6-12-18-39-2/h26-31,38-40H,4-25H2,1-3H3,(H,41,47)(H,42,48)(H,43,49)/t26?,27?,28?,29-,30-,31-/m0/s1. The molecule has 4 fully saturated rings. The molecule has 4 aliphatic heterocycles. The van der Waals surface area contributed by atoms with Gasteiger partial charge in [-0.2, -0.15) is 0 Å². The summed E-state index contributed by atoms with van der Waals surface area (Å²) in [6.07, 6.45) is 11.1. The third-order valence-corrected chi connectivity index (χ3v) is 10.9. The van der Waals surface area contributed by atoms with E-state index >= 15 is 0 Å². The van der Waals surface area contributed by atoms with Crippen molar-refractivity contribution in [3.63, 3.8) is 0 Å². The molecule has 4 saturated heterocycles. The van der Waals surface area contributed by atoms with E-state index in [1.54, 1.807) is 14.7 Å². The maximum Gasteiger partial charge on any atom is 0.246 e. The molecule has 0 spiro atoms. The zero-order valence-corrected chi connectivity index (χ0v) is 31.8. The van der Waals surface area contributed by atoms with Crippen LogP contribution in [0, 0.1) is 0 Å². The number of hydrogen-bond donors (Lipinski definition) is 6. The summed E-state index contributed by atoms with van der Waals surface area (Å²) in [5, 5.41) is 18.6. The van der Waals surface area contributed by atoms with Crippen molar-refractivity contribution >= 4 is 35.4 Å². The Hall–Kier alpha value is -3.30. The quantitative estimate of drug-likeness (QED) is 0.0834. The first kappa shape index (κ1) is 41.5. The molecule has 0 saturated carbocycles. The van der Waals surface area contributed by atoms with E-state index in [4.69, 9.17) is 0 Å². The van der Waals surface area contributed by atoms with E-state index in [0.717, 1.165) is 83.8 Å². The Morgan fingerprint density at radius 3 is 1.02 bits per heavy atom. The van der Waals surface area contributed by atoms with Crippen molar-refractivity contribution in [1.82, 2.24) is 46.6 Å². The van der Waals surface area contributed by atoms with E-state index < -0.39 is 36.3 Å². The largest absolute Gasteiger partial charge is 0.351 e. The number of carbonyl (C=O) groups is 6. The Morgan fingerprint density at radius 1 is 0.462 bits per heavy atom. The molecule has 15 nitrogen and oxygen atoms in total. The summed E-state index contributed by atoms with van der Waals surface area (Å²) in [5.74, 6) is -1.25. The molecule has 4 aliphatic rings. The van der Waals surface area contributed by atoms with Gasteiger partial charge >= 0.3 is 0 Å². The van der Waals surface area contributed by atoms with E-state index in [1.807, 2.05) is 21.1 Å². The van der Waals surface area contributed by atoms with E-state index in [0.29, 0.717) is 19.3 Å². The minimum Gasteiger partial charge on any atom is -0.351 e. The number of rotatable bonds is 22. The summed E-state index contributed by atoms with van der Waals surface area (Å²) < 4.78 is 0. The lowest BCUT2D eigenvalue weighted by atomic mass is 10.1. The van der Waals surface area contributed by atoms with Gasteiger partial charge in [-0.1, -0.05) is 25.7 Å². The molecule has 294 valence electrons. The van der Waals surface area contributed by atoms with E-state index in [9.17, 15) is 28.8 Å². The summed E-state index contributed by atoms with van der Waals surface area (Å²) in [7, 11) is 5.73. The van der Waals surface area contributed by atoms with Crippen LogP contribution in [-0.4, -0.2) is 147 Å². The van der Waals surface area contributed by atoms with Gasteiger partial charge in [0.25, 0.3) is 0 Å². The molecule has 3 unspecified atom stereocenters. The average Bonchev–Trinajstić information content (AvgIpc) is 3.86. The number of amides is 6. The van der Waals surface area contributed by atoms with Gasteiger partial charge in [0.1, 0.15) is 18.1 Å². The predicted molar refractivity (Wildman–Crippen MR) is 198 cm³/mol. The summed E-state index contributed by atoms with van der Waals surface area (Å²) in [5.41, 5.74) is 0. The molecule has 4 rings (SSSR count). The van der Waals surface area contributed by atoms with Crippen LogP contribution in [0.3, 0.4) is 0 Å². The molecule has 6 amide bonds. The van der Waals surface area contributed by atoms with Crippen molar-refractivity contribution < 1.29 is 28.8 Å². The van der Waals surface area contributed by atoms with Crippen LogP contribution in [0.1, 0.15) is 103 Å². The molecule has 52 heavy (non-hydrogen) atoms. The number of nitrogens with one attached hydrogen (secondary N) is 6. The second kappa shape index (κ2) is 21.4. The number of fused-ring (bicyclic) bond motifs is 3. The van der Waals surface area contributed by atoms with Gasteiger partial charge < -0.3 is 46.6 Å². The van der Waals surface area contributed by atoms with Crippen LogP contribution in [-0.2, 0) is 28.8 Å². The Bertz CT molecular complexity index is 1150. The maximum atomic E-state index is 14.3. The van der Waals surface area contributed by atoms with E-state index in [1.165, 1.54) is 0 Å². The summed E-state index contributed by atoms with van der Waals surface area (Å²) in [4.78, 5) is 86.3. The lowest BCUT2D eigenvalue weighted by Crippen LogP contribution is -2.51. The van der Waals surface area contributed by atoms with E-state index in [-0.39, 0.29) is 74.3 Å². The van der Waals surface area contributed by atoms with Crippen LogP contribution in [0.15, 0.2) is 0 Å². The molecule has 6 N–H and O–H groups in total. The van der Waals surface area contributed by atoms with Crippen molar-refractivity contribution in [2.24, 2.45) is 0 Å². The van der Waals surface area contributed by atoms with Crippen LogP contribution in [0.4, 0.5) is 0 Å². The number of nitrogens with zero attached hydrogens (tertiary/aromatic N) is 3. The molecule has 0 aliphatic carbocycles. The fourth-order valence-electron chi connectivity index (χ4n) is 8.20. The molecule has 0 aromatic rings. The third-order valence-electron chi connectivity index (χ3n) is 10.9. The Labute approximate surface area is 309 Å². The highest BCUT2D eigenvalue weighted by Gasteiger charge is 2.54. The van der Waals surface area contributed by atoms with Crippen molar-refractivity contribution in [3.05, 3.63) is 0 Å². The van der Waals surface area contributed by atoms with Crippen LogP contribution in [0.25, 0.3) is 0 Å². The average molecular weight is 732 g/mol. The molecule has 0 aromatic carbocycles. The molecule has 0 bridgehead atoms. The number of unbranched alkanes of at least 4 members (excludes halogenated alkanes) is 7. The zero-order valence-electron chi connectivity index (χ0n) is 31.8. The van der Waals surface area contributed by atoms with E-state index in [2.05, 4.69) is 31.9 Å². The normalized spacial score (nSPS) is 25.7. The molecule has 0 aromatic heterocycles. The Kier molecular flexibility index (Phi) is 17.1. The SMILES string of the molecule is CNCCCCCCC(=O)NC1C[C@H]2C(=O)N3CC(NC(=O)CCCCCNC)C[C@H]3C(=O)N3CC(NC(=O)CCCCCNC)C[C@H]3C(=O)N2C1. The summed E-state index contributed by atoms with van der Waals surface area (Å²) >= 11 is 0. The molecular formula is C37H65N9O6. The molecule has 4 heterocycles. The van der Waals surface area contributed by atoms with Gasteiger partial charge in [-0.25, -0.2) is 0 Å². The minimum absolute atomic E-state index is 0.0922. The highest BCUT2D eigenvalue weighted by molar-refractivity contribution is 5.99. The zero-order chi connectivity index (χ0) is 37.5. The van der Waals surface area contributed by atoms with Gasteiger partial charge in [-0.05, 0) is 98.6 Å². The predicted octanol–water partition coefficient (Wildman–Crippen LogP) is -0.0134. The fourth-order valence-corrected chi connectivity index (χ4v) is 8.20. The van der Waals surface area contributed by atoms with Crippen LogP contribution in [0.2, 0.25) is 0 Å². The van der Waals surface area contributed by atoms with Gasteiger partial charge in [0.2, 0.25) is 35.4 Å². The van der Waals surface area contributed by atoms with Crippen molar-refractivity contribution in [1.29, 1.82) is 0 Å². The highest BCUT2D eigenvalue weighted by Crippen LogP contribution is 2.33. The molecule has 6 atom stereocenters. The topological polar surface area (TPSA) is 184 Å². The fraction of sp³-hybridized carbons (Fsp3) is 0.838. The first-order valence-electron chi connectivity index (χ1n) is 19.9. The third kappa shape index (κ3) is 11.9. The Balaban J connectivity index is 1.45. The number of carbonyl (C=O) groups excluding carboxylic acids is 6. The second-order valence-corrected chi connectivity index (χ2v) is 15.1. The first-order chi connectivity index (χ1) is 25.2. The minimum atomic E-state index is -0.832. The van der Waals surface area contributed by atoms with Gasteiger partial charge in [0, 0.05) is 57.0 Å². The van der Waals surface area contributed by atoms with Crippen LogP contribution in [0.5, 0.6) is 0 Å². The monoisotopic (exact) mass is 732 g/mol. The van der Waals surface area contributed by atoms with Crippen molar-refractivity contribution in [3.8, 4) is 0 Å². The maximum absolute atomic E-state index is 14.3. The van der Waals surface area contributed by atoms with Gasteiger partial charge in [-0.15, -0.1) is 0 Å².